The van der Waals surface area contributed by atoms with E-state index in [0.717, 1.165) is 41.1 Å². The van der Waals surface area contributed by atoms with E-state index in [-0.39, 0.29) is 11.9 Å². The van der Waals surface area contributed by atoms with Gasteiger partial charge >= 0.3 is 0 Å². The van der Waals surface area contributed by atoms with Crippen molar-refractivity contribution in [3.63, 3.8) is 0 Å². The molecule has 1 N–H and O–H groups in total. The van der Waals surface area contributed by atoms with Crippen molar-refractivity contribution in [2.24, 2.45) is 7.05 Å². The molecule has 0 saturated heterocycles. The summed E-state index contributed by atoms with van der Waals surface area (Å²) in [6.45, 7) is 2.64. The van der Waals surface area contributed by atoms with Gasteiger partial charge in [0.15, 0.2) is 0 Å². The van der Waals surface area contributed by atoms with Gasteiger partial charge in [-0.2, -0.15) is 5.10 Å². The van der Waals surface area contributed by atoms with Crippen LogP contribution >= 0.6 is 0 Å². The summed E-state index contributed by atoms with van der Waals surface area (Å²) < 4.78 is 20.9. The molecule has 0 unspecified atom stereocenters. The lowest BCUT2D eigenvalue weighted by Gasteiger charge is -2.14. The van der Waals surface area contributed by atoms with E-state index in [9.17, 15) is 4.39 Å². The van der Waals surface area contributed by atoms with Crippen LogP contribution in [0.3, 0.4) is 0 Å². The van der Waals surface area contributed by atoms with Crippen LogP contribution in [-0.4, -0.2) is 16.9 Å². The third-order valence-electron chi connectivity index (χ3n) is 4.22. The van der Waals surface area contributed by atoms with Gasteiger partial charge in [-0.05, 0) is 37.0 Å². The van der Waals surface area contributed by atoms with Crippen molar-refractivity contribution in [1.29, 1.82) is 0 Å². The second-order valence-corrected chi connectivity index (χ2v) is 5.48. The van der Waals surface area contributed by atoms with E-state index >= 15 is 0 Å². The van der Waals surface area contributed by atoms with Crippen LogP contribution in [-0.2, 0) is 20.0 Å². The zero-order valence-electron chi connectivity index (χ0n) is 12.6. The number of ether oxygens (including phenoxy) is 1. The van der Waals surface area contributed by atoms with E-state index < -0.39 is 0 Å². The van der Waals surface area contributed by atoms with E-state index in [4.69, 9.17) is 4.74 Å². The third-order valence-corrected chi connectivity index (χ3v) is 4.22. The van der Waals surface area contributed by atoms with Crippen molar-refractivity contribution in [1.82, 2.24) is 15.1 Å². The predicted octanol–water partition coefficient (Wildman–Crippen LogP) is 2.65. The Morgan fingerprint density at radius 3 is 3.05 bits per heavy atom. The molecule has 1 atom stereocenters. The summed E-state index contributed by atoms with van der Waals surface area (Å²) in [6.07, 6.45) is 1.72. The number of hydrogen-bond donors (Lipinski definition) is 1. The minimum atomic E-state index is -0.0908. The first-order valence-electron chi connectivity index (χ1n) is 7.19. The number of aromatic nitrogens is 2. The molecule has 1 aliphatic carbocycles. The zero-order valence-corrected chi connectivity index (χ0v) is 12.6. The summed E-state index contributed by atoms with van der Waals surface area (Å²) in [5.41, 5.74) is 3.95. The van der Waals surface area contributed by atoms with Gasteiger partial charge in [-0.1, -0.05) is 12.1 Å². The highest BCUT2D eigenvalue weighted by atomic mass is 19.1. The largest absolute Gasteiger partial charge is 0.481 e. The average Bonchev–Trinajstić information content (AvgIpc) is 2.98. The van der Waals surface area contributed by atoms with Crippen molar-refractivity contribution >= 4 is 0 Å². The number of hydrogen-bond acceptors (Lipinski definition) is 3. The fourth-order valence-electron chi connectivity index (χ4n) is 3.19. The molecule has 1 heterocycles. The van der Waals surface area contributed by atoms with Crippen molar-refractivity contribution in [3.05, 3.63) is 46.4 Å². The molecule has 0 aliphatic heterocycles. The monoisotopic (exact) mass is 289 g/mol. The predicted molar refractivity (Wildman–Crippen MR) is 78.8 cm³/mol. The van der Waals surface area contributed by atoms with Crippen molar-refractivity contribution in [3.8, 4) is 5.88 Å². The zero-order chi connectivity index (χ0) is 15.0. The minimum absolute atomic E-state index is 0.0908. The molecule has 3 rings (SSSR count). The maximum absolute atomic E-state index is 13.8. The van der Waals surface area contributed by atoms with Gasteiger partial charge in [-0.15, -0.1) is 0 Å². The lowest BCUT2D eigenvalue weighted by Crippen LogP contribution is -2.19. The fourth-order valence-corrected chi connectivity index (χ4v) is 3.19. The normalized spacial score (nSPS) is 17.0. The van der Waals surface area contributed by atoms with Crippen LogP contribution in [0.25, 0.3) is 0 Å². The Bertz CT molecular complexity index is 666. The van der Waals surface area contributed by atoms with E-state index in [1.807, 2.05) is 20.0 Å². The summed E-state index contributed by atoms with van der Waals surface area (Å²) in [7, 11) is 3.52. The fraction of sp³-hybridized carbons (Fsp3) is 0.438. The van der Waals surface area contributed by atoms with Crippen molar-refractivity contribution in [2.45, 2.75) is 32.4 Å². The molecule has 112 valence electrons. The number of halogens is 1. The van der Waals surface area contributed by atoms with Gasteiger partial charge in [0.2, 0.25) is 5.88 Å². The highest BCUT2D eigenvalue weighted by Gasteiger charge is 2.25. The SMILES string of the molecule is COc1c(CN[C@H]2CCc3c(F)cccc32)c(C)nn1C. The Morgan fingerprint density at radius 1 is 1.48 bits per heavy atom. The number of fused-ring (bicyclic) bond motifs is 1. The second-order valence-electron chi connectivity index (χ2n) is 5.48. The molecular weight excluding hydrogens is 269 g/mol. The van der Waals surface area contributed by atoms with Crippen LogP contribution in [0.5, 0.6) is 5.88 Å². The van der Waals surface area contributed by atoms with Crippen molar-refractivity contribution < 1.29 is 9.13 Å². The number of benzene rings is 1. The molecule has 5 heteroatoms. The molecule has 1 aromatic carbocycles. The third kappa shape index (κ3) is 2.42. The van der Waals surface area contributed by atoms with Crippen LogP contribution in [0.1, 0.15) is 34.8 Å². The first-order valence-corrected chi connectivity index (χ1v) is 7.19. The Balaban J connectivity index is 1.78. The summed E-state index contributed by atoms with van der Waals surface area (Å²) >= 11 is 0. The molecule has 2 aromatic rings. The molecule has 0 fully saturated rings. The second kappa shape index (κ2) is 5.48. The maximum Gasteiger partial charge on any atom is 0.216 e. The topological polar surface area (TPSA) is 39.1 Å². The molecule has 0 spiro atoms. The highest BCUT2D eigenvalue weighted by molar-refractivity contribution is 5.36. The van der Waals surface area contributed by atoms with Crippen LogP contribution in [0.15, 0.2) is 18.2 Å². The van der Waals surface area contributed by atoms with Gasteiger partial charge in [0.25, 0.3) is 0 Å². The average molecular weight is 289 g/mol. The molecule has 0 radical (unpaired) electrons. The molecule has 4 nitrogen and oxygen atoms in total. The van der Waals surface area contributed by atoms with E-state index in [1.54, 1.807) is 17.9 Å². The van der Waals surface area contributed by atoms with Gasteiger partial charge in [0, 0.05) is 19.6 Å². The number of nitrogens with zero attached hydrogens (tertiary/aromatic N) is 2. The van der Waals surface area contributed by atoms with Crippen LogP contribution in [0.4, 0.5) is 4.39 Å². The molecule has 1 aromatic heterocycles. The van der Waals surface area contributed by atoms with Gasteiger partial charge < -0.3 is 10.1 Å². The first-order chi connectivity index (χ1) is 10.1. The maximum atomic E-state index is 13.8. The molecule has 21 heavy (non-hydrogen) atoms. The minimum Gasteiger partial charge on any atom is -0.481 e. The smallest absolute Gasteiger partial charge is 0.216 e. The molecular formula is C16H20FN3O. The van der Waals surface area contributed by atoms with Crippen molar-refractivity contribution in [2.75, 3.05) is 7.11 Å². The summed E-state index contributed by atoms with van der Waals surface area (Å²) in [5, 5.41) is 7.89. The Labute approximate surface area is 123 Å². The van der Waals surface area contributed by atoms with Gasteiger partial charge in [-0.3, -0.25) is 0 Å². The first kappa shape index (κ1) is 14.1. The van der Waals surface area contributed by atoms with Gasteiger partial charge in [0.05, 0.1) is 18.4 Å². The molecule has 1 aliphatic rings. The highest BCUT2D eigenvalue weighted by Crippen LogP contribution is 2.33. The van der Waals surface area contributed by atoms with Crippen LogP contribution < -0.4 is 10.1 Å². The summed E-state index contributed by atoms with van der Waals surface area (Å²) in [6, 6.07) is 5.52. The molecule has 0 saturated carbocycles. The molecule has 0 amide bonds. The Hall–Kier alpha value is -1.88. The van der Waals surface area contributed by atoms with E-state index in [2.05, 4.69) is 10.4 Å². The number of methoxy groups -OCH3 is 1. The molecule has 0 bridgehead atoms. The summed E-state index contributed by atoms with van der Waals surface area (Å²) in [4.78, 5) is 0. The van der Waals surface area contributed by atoms with Gasteiger partial charge in [0.1, 0.15) is 5.82 Å². The standard InChI is InChI=1S/C16H20FN3O/c1-10-13(16(21-3)20(2)19-10)9-18-15-8-7-11-12(15)5-4-6-14(11)17/h4-6,15,18H,7-9H2,1-3H3/t15-/m0/s1. The Morgan fingerprint density at radius 2 is 2.29 bits per heavy atom. The van der Waals surface area contributed by atoms with E-state index in [0.29, 0.717) is 6.54 Å². The number of nitrogens with one attached hydrogen (secondary N) is 1. The van der Waals surface area contributed by atoms with Crippen LogP contribution in [0, 0.1) is 12.7 Å². The quantitative estimate of drug-likeness (QED) is 0.940. The summed E-state index contributed by atoms with van der Waals surface area (Å²) in [5.74, 6) is 0.685. The van der Waals surface area contributed by atoms with Gasteiger partial charge in [-0.25, -0.2) is 9.07 Å². The number of aryl methyl sites for hydroxylation is 2. The number of rotatable bonds is 4. The Kier molecular flexibility index (Phi) is 3.68. The van der Waals surface area contributed by atoms with Crippen LogP contribution in [0.2, 0.25) is 0 Å². The lowest BCUT2D eigenvalue weighted by molar-refractivity contribution is 0.366. The lowest BCUT2D eigenvalue weighted by atomic mass is 10.1. The van der Waals surface area contributed by atoms with E-state index in [1.165, 1.54) is 6.07 Å².